The maximum Gasteiger partial charge on any atom is 0.275 e. The third kappa shape index (κ3) is 4.14. The van der Waals surface area contributed by atoms with Crippen LogP contribution in [0.25, 0.3) is 0 Å². The smallest absolute Gasteiger partial charge is 0.275 e. The Kier molecular flexibility index (Phi) is 5.35. The van der Waals surface area contributed by atoms with E-state index >= 15 is 0 Å². The molecule has 0 radical (unpaired) electrons. The zero-order valence-corrected chi connectivity index (χ0v) is 13.6. The fraction of sp³-hybridized carbons (Fsp3) is 0.375. The molecule has 3 N–H and O–H groups in total. The molecule has 6 nitrogen and oxygen atoms in total. The third-order valence-corrected chi connectivity index (χ3v) is 4.59. The molecule has 0 bridgehead atoms. The number of anilines is 1. The van der Waals surface area contributed by atoms with E-state index in [4.69, 9.17) is 10.5 Å². The van der Waals surface area contributed by atoms with Crippen molar-refractivity contribution in [2.75, 3.05) is 31.6 Å². The molecule has 2 heterocycles. The molecule has 2 aromatic rings. The summed E-state index contributed by atoms with van der Waals surface area (Å²) in [5.41, 5.74) is 7.88. The average molecular weight is 332 g/mol. The maximum atomic E-state index is 12.3. The largest absolute Gasteiger partial charge is 0.379 e. The summed E-state index contributed by atoms with van der Waals surface area (Å²) in [5, 5.41) is 5.46. The second-order valence-corrected chi connectivity index (χ2v) is 6.27. The maximum absolute atomic E-state index is 12.3. The van der Waals surface area contributed by atoms with Gasteiger partial charge in [0.1, 0.15) is 10.7 Å². The van der Waals surface area contributed by atoms with Gasteiger partial charge in [-0.3, -0.25) is 9.69 Å². The topological polar surface area (TPSA) is 80.5 Å². The second-order valence-electron chi connectivity index (χ2n) is 5.33. The first kappa shape index (κ1) is 16.1. The van der Waals surface area contributed by atoms with Crippen molar-refractivity contribution in [1.82, 2.24) is 9.88 Å². The van der Waals surface area contributed by atoms with Crippen molar-refractivity contribution in [3.05, 3.63) is 45.9 Å². The molecule has 23 heavy (non-hydrogen) atoms. The van der Waals surface area contributed by atoms with Gasteiger partial charge in [-0.1, -0.05) is 18.2 Å². The van der Waals surface area contributed by atoms with E-state index in [9.17, 15) is 4.79 Å². The van der Waals surface area contributed by atoms with E-state index in [1.54, 1.807) is 5.38 Å². The van der Waals surface area contributed by atoms with Crippen LogP contribution in [0.2, 0.25) is 0 Å². The van der Waals surface area contributed by atoms with E-state index < -0.39 is 0 Å². The number of para-hydroxylation sites is 1. The van der Waals surface area contributed by atoms with Gasteiger partial charge in [0.2, 0.25) is 0 Å². The number of nitrogens with one attached hydrogen (secondary N) is 1. The standard InChI is InChI=1S/C16H20N4O2S/c17-9-15-18-14(11-23-15)16(21)19-13-4-2-1-3-12(13)10-20-5-7-22-8-6-20/h1-4,11H,5-10,17H2,(H,19,21). The fourth-order valence-corrected chi connectivity index (χ4v) is 3.13. The van der Waals surface area contributed by atoms with Crippen LogP contribution in [0.5, 0.6) is 0 Å². The number of benzene rings is 1. The molecule has 0 aliphatic carbocycles. The lowest BCUT2D eigenvalue weighted by Gasteiger charge is -2.27. The first-order valence-electron chi connectivity index (χ1n) is 7.60. The van der Waals surface area contributed by atoms with Crippen LogP contribution in [0, 0.1) is 0 Å². The minimum absolute atomic E-state index is 0.199. The number of nitrogens with two attached hydrogens (primary N) is 1. The van der Waals surface area contributed by atoms with E-state index in [0.717, 1.165) is 49.1 Å². The number of carbonyl (C=O) groups is 1. The molecule has 0 atom stereocenters. The normalized spacial score (nSPS) is 15.5. The molecule has 1 saturated heterocycles. The van der Waals surface area contributed by atoms with Crippen molar-refractivity contribution < 1.29 is 9.53 Å². The van der Waals surface area contributed by atoms with Crippen LogP contribution < -0.4 is 11.1 Å². The highest BCUT2D eigenvalue weighted by Gasteiger charge is 2.15. The van der Waals surface area contributed by atoms with Crippen LogP contribution in [0.1, 0.15) is 21.1 Å². The molecule has 0 spiro atoms. The zero-order chi connectivity index (χ0) is 16.1. The number of morpholine rings is 1. The molecule has 1 aliphatic rings. The summed E-state index contributed by atoms with van der Waals surface area (Å²) < 4.78 is 5.37. The van der Waals surface area contributed by atoms with Crippen LogP contribution in [0.3, 0.4) is 0 Å². The molecular weight excluding hydrogens is 312 g/mol. The lowest BCUT2D eigenvalue weighted by Crippen LogP contribution is -2.35. The molecular formula is C16H20N4O2S. The number of ether oxygens (including phenoxy) is 1. The number of hydrogen-bond acceptors (Lipinski definition) is 6. The Labute approximate surface area is 139 Å². The molecule has 1 amide bonds. The number of aromatic nitrogens is 1. The quantitative estimate of drug-likeness (QED) is 0.871. The highest BCUT2D eigenvalue weighted by Crippen LogP contribution is 2.19. The van der Waals surface area contributed by atoms with Crippen molar-refractivity contribution in [2.24, 2.45) is 5.73 Å². The van der Waals surface area contributed by atoms with Crippen molar-refractivity contribution >= 4 is 22.9 Å². The average Bonchev–Trinajstić information content (AvgIpc) is 3.07. The van der Waals surface area contributed by atoms with Crippen LogP contribution in [-0.4, -0.2) is 42.1 Å². The number of thiazole rings is 1. The molecule has 7 heteroatoms. The number of amides is 1. The molecule has 0 saturated carbocycles. The lowest BCUT2D eigenvalue weighted by molar-refractivity contribution is 0.0342. The van der Waals surface area contributed by atoms with Crippen LogP contribution in [0.15, 0.2) is 29.6 Å². The van der Waals surface area contributed by atoms with E-state index in [0.29, 0.717) is 12.2 Å². The SMILES string of the molecule is NCc1nc(C(=O)Nc2ccccc2CN2CCOCC2)cs1. The monoisotopic (exact) mass is 332 g/mol. The van der Waals surface area contributed by atoms with Crippen LogP contribution in [0.4, 0.5) is 5.69 Å². The molecule has 1 aromatic carbocycles. The zero-order valence-electron chi connectivity index (χ0n) is 12.8. The molecule has 122 valence electrons. The van der Waals surface area contributed by atoms with E-state index in [1.807, 2.05) is 24.3 Å². The highest BCUT2D eigenvalue weighted by atomic mass is 32.1. The lowest BCUT2D eigenvalue weighted by atomic mass is 10.1. The van der Waals surface area contributed by atoms with E-state index in [-0.39, 0.29) is 5.91 Å². The van der Waals surface area contributed by atoms with E-state index in [1.165, 1.54) is 11.3 Å². The van der Waals surface area contributed by atoms with Gasteiger partial charge in [-0.25, -0.2) is 4.98 Å². The molecule has 0 unspecified atom stereocenters. The highest BCUT2D eigenvalue weighted by molar-refractivity contribution is 7.09. The minimum Gasteiger partial charge on any atom is -0.379 e. The van der Waals surface area contributed by atoms with Gasteiger partial charge in [-0.2, -0.15) is 0 Å². The Hall–Kier alpha value is -1.80. The Bertz CT molecular complexity index is 668. The summed E-state index contributed by atoms with van der Waals surface area (Å²) in [6.07, 6.45) is 0. The van der Waals surface area contributed by atoms with Crippen molar-refractivity contribution in [3.8, 4) is 0 Å². The van der Waals surface area contributed by atoms with E-state index in [2.05, 4.69) is 15.2 Å². The molecule has 1 aromatic heterocycles. The summed E-state index contributed by atoms with van der Waals surface area (Å²) >= 11 is 1.40. The number of carbonyl (C=O) groups excluding carboxylic acids is 1. The van der Waals surface area contributed by atoms with Gasteiger partial charge in [0, 0.05) is 37.2 Å². The first-order chi connectivity index (χ1) is 11.3. The van der Waals surface area contributed by atoms with Gasteiger partial charge < -0.3 is 15.8 Å². The van der Waals surface area contributed by atoms with Gasteiger partial charge in [0.15, 0.2) is 0 Å². The predicted molar refractivity (Wildman–Crippen MR) is 90.5 cm³/mol. The number of rotatable bonds is 5. The molecule has 3 rings (SSSR count). The van der Waals surface area contributed by atoms with Gasteiger partial charge in [0.05, 0.1) is 13.2 Å². The fourth-order valence-electron chi connectivity index (χ4n) is 2.48. The van der Waals surface area contributed by atoms with Gasteiger partial charge in [-0.05, 0) is 11.6 Å². The first-order valence-corrected chi connectivity index (χ1v) is 8.48. The Balaban J connectivity index is 1.70. The summed E-state index contributed by atoms with van der Waals surface area (Å²) in [4.78, 5) is 18.9. The summed E-state index contributed by atoms with van der Waals surface area (Å²) in [6, 6.07) is 7.87. The van der Waals surface area contributed by atoms with Crippen molar-refractivity contribution in [3.63, 3.8) is 0 Å². The van der Waals surface area contributed by atoms with Crippen LogP contribution in [-0.2, 0) is 17.8 Å². The Morgan fingerprint density at radius 3 is 2.87 bits per heavy atom. The Morgan fingerprint density at radius 2 is 2.13 bits per heavy atom. The summed E-state index contributed by atoms with van der Waals surface area (Å²) in [6.45, 7) is 4.49. The van der Waals surface area contributed by atoms with Crippen molar-refractivity contribution in [2.45, 2.75) is 13.1 Å². The molecule has 1 fully saturated rings. The van der Waals surface area contributed by atoms with Gasteiger partial charge in [-0.15, -0.1) is 11.3 Å². The second kappa shape index (κ2) is 7.65. The summed E-state index contributed by atoms with van der Waals surface area (Å²) in [7, 11) is 0. The summed E-state index contributed by atoms with van der Waals surface area (Å²) in [5.74, 6) is -0.199. The minimum atomic E-state index is -0.199. The third-order valence-electron chi connectivity index (χ3n) is 3.72. The van der Waals surface area contributed by atoms with Crippen molar-refractivity contribution in [1.29, 1.82) is 0 Å². The predicted octanol–water partition coefficient (Wildman–Crippen LogP) is 1.69. The van der Waals surface area contributed by atoms with Crippen LogP contribution >= 0.6 is 11.3 Å². The Morgan fingerprint density at radius 1 is 1.35 bits per heavy atom. The van der Waals surface area contributed by atoms with Gasteiger partial charge >= 0.3 is 0 Å². The molecule has 1 aliphatic heterocycles. The number of hydrogen-bond donors (Lipinski definition) is 2. The van der Waals surface area contributed by atoms with Gasteiger partial charge in [0.25, 0.3) is 5.91 Å². The number of nitrogens with zero attached hydrogens (tertiary/aromatic N) is 2.